The summed E-state index contributed by atoms with van der Waals surface area (Å²) in [6, 6.07) is 1.75. The minimum atomic E-state index is -1.01. The van der Waals surface area contributed by atoms with E-state index >= 15 is 0 Å². The maximum Gasteiger partial charge on any atom is 0.304 e. The Morgan fingerprint density at radius 2 is 2.13 bits per heavy atom. The van der Waals surface area contributed by atoms with Crippen molar-refractivity contribution in [2.75, 3.05) is 7.11 Å². The van der Waals surface area contributed by atoms with Crippen molar-refractivity contribution in [3.63, 3.8) is 0 Å². The summed E-state index contributed by atoms with van der Waals surface area (Å²) in [4.78, 5) is 31.8. The number of methoxy groups -OCH3 is 1. The van der Waals surface area contributed by atoms with Gasteiger partial charge in [0.05, 0.1) is 18.2 Å². The van der Waals surface area contributed by atoms with E-state index in [0.29, 0.717) is 28.3 Å². The Morgan fingerprint density at radius 3 is 2.78 bits per heavy atom. The quantitative estimate of drug-likeness (QED) is 0.715. The molecule has 0 bridgehead atoms. The van der Waals surface area contributed by atoms with Crippen LogP contribution in [-0.2, 0) is 4.79 Å². The highest BCUT2D eigenvalue weighted by molar-refractivity contribution is 7.20. The molecule has 0 amide bonds. The summed E-state index contributed by atoms with van der Waals surface area (Å²) in [5.74, 6) is -0.936. The van der Waals surface area contributed by atoms with E-state index in [1.807, 2.05) is 0 Å². The number of aryl methyl sites for hydroxylation is 1. The number of carbonyl (C=O) groups is 2. The number of carbonyl (C=O) groups excluding carboxylic acids is 1. The molecule has 1 aromatic carbocycles. The summed E-state index contributed by atoms with van der Waals surface area (Å²) in [6.07, 6.45) is -0.226. The number of aliphatic carboxylic acids is 1. The van der Waals surface area contributed by atoms with Gasteiger partial charge in [-0.05, 0) is 0 Å². The zero-order valence-corrected chi connectivity index (χ0v) is 13.6. The van der Waals surface area contributed by atoms with Crippen molar-refractivity contribution >= 4 is 44.4 Å². The standard InChI is InChI=1S/C15H14N2O5S/c1-6(4-10(18)19)13(20)15-17-11-9(23-15)5-8(21-3)14-12(11)16-7(2)22-14/h5-6H,4H2,1-3H3,(H,18,19). The summed E-state index contributed by atoms with van der Waals surface area (Å²) in [5.41, 5.74) is 1.59. The number of ether oxygens (including phenoxy) is 1. The van der Waals surface area contributed by atoms with Crippen LogP contribution >= 0.6 is 11.3 Å². The number of thiazole rings is 1. The Labute approximate surface area is 134 Å². The summed E-state index contributed by atoms with van der Waals surface area (Å²) in [7, 11) is 1.53. The van der Waals surface area contributed by atoms with Gasteiger partial charge in [0.25, 0.3) is 0 Å². The Hall–Kier alpha value is -2.48. The molecule has 0 radical (unpaired) electrons. The molecule has 2 heterocycles. The predicted octanol–water partition coefficient (Wildman–Crippen LogP) is 3.05. The topological polar surface area (TPSA) is 103 Å². The van der Waals surface area contributed by atoms with Crippen LogP contribution in [0.1, 0.15) is 29.0 Å². The molecular formula is C15H14N2O5S. The van der Waals surface area contributed by atoms with Crippen molar-refractivity contribution in [3.8, 4) is 5.75 Å². The fourth-order valence-electron chi connectivity index (χ4n) is 2.36. The van der Waals surface area contributed by atoms with E-state index in [-0.39, 0.29) is 17.2 Å². The molecule has 0 saturated carbocycles. The van der Waals surface area contributed by atoms with E-state index < -0.39 is 11.9 Å². The largest absolute Gasteiger partial charge is 0.493 e. The van der Waals surface area contributed by atoms with Gasteiger partial charge in [-0.15, -0.1) is 11.3 Å². The Bertz CT molecular complexity index is 927. The zero-order valence-electron chi connectivity index (χ0n) is 12.7. The summed E-state index contributed by atoms with van der Waals surface area (Å²) in [6.45, 7) is 3.30. The molecule has 1 unspecified atom stereocenters. The lowest BCUT2D eigenvalue weighted by molar-refractivity contribution is -0.137. The van der Waals surface area contributed by atoms with Crippen molar-refractivity contribution in [1.82, 2.24) is 9.97 Å². The number of aromatic nitrogens is 2. The number of Topliss-reactive ketones (excluding diaryl/α,β-unsaturated/α-hetero) is 1. The number of nitrogens with zero attached hydrogens (tertiary/aromatic N) is 2. The smallest absolute Gasteiger partial charge is 0.304 e. The molecule has 0 saturated heterocycles. The second-order valence-electron chi connectivity index (χ2n) is 5.22. The minimum absolute atomic E-state index is 0.226. The van der Waals surface area contributed by atoms with Crippen LogP contribution in [0.25, 0.3) is 21.3 Å². The third kappa shape index (κ3) is 2.65. The maximum atomic E-state index is 12.4. The molecule has 0 spiro atoms. The molecule has 3 rings (SSSR count). The molecule has 0 fully saturated rings. The highest BCUT2D eigenvalue weighted by Crippen LogP contribution is 2.36. The van der Waals surface area contributed by atoms with E-state index in [1.165, 1.54) is 18.4 Å². The van der Waals surface area contributed by atoms with Gasteiger partial charge < -0.3 is 14.3 Å². The number of carboxylic acids is 1. The van der Waals surface area contributed by atoms with Gasteiger partial charge in [0.15, 0.2) is 28.0 Å². The number of oxazole rings is 1. The van der Waals surface area contributed by atoms with E-state index in [0.717, 1.165) is 4.70 Å². The number of ketones is 1. The molecule has 0 aliphatic carbocycles. The monoisotopic (exact) mass is 334 g/mol. The molecule has 3 aromatic rings. The van der Waals surface area contributed by atoms with Gasteiger partial charge in [-0.3, -0.25) is 9.59 Å². The molecule has 1 atom stereocenters. The van der Waals surface area contributed by atoms with Crippen LogP contribution < -0.4 is 4.74 Å². The molecule has 1 N–H and O–H groups in total. The average Bonchev–Trinajstić information content (AvgIpc) is 3.07. The number of hydrogen-bond acceptors (Lipinski definition) is 7. The van der Waals surface area contributed by atoms with Crippen molar-refractivity contribution in [1.29, 1.82) is 0 Å². The first-order chi connectivity index (χ1) is 10.9. The summed E-state index contributed by atoms with van der Waals surface area (Å²) >= 11 is 1.20. The summed E-state index contributed by atoms with van der Waals surface area (Å²) < 4.78 is 11.6. The van der Waals surface area contributed by atoms with E-state index in [1.54, 1.807) is 19.9 Å². The fraction of sp³-hybridized carbons (Fsp3) is 0.333. The van der Waals surface area contributed by atoms with E-state index in [2.05, 4.69) is 9.97 Å². The van der Waals surface area contributed by atoms with Crippen molar-refractivity contribution in [2.45, 2.75) is 20.3 Å². The fourth-order valence-corrected chi connectivity index (χ4v) is 3.41. The molecule has 0 aliphatic rings. The predicted molar refractivity (Wildman–Crippen MR) is 84.2 cm³/mol. The van der Waals surface area contributed by atoms with Crippen LogP contribution in [0.15, 0.2) is 10.5 Å². The third-order valence-corrected chi connectivity index (χ3v) is 4.47. The number of carboxylic acid groups (broad SMARTS) is 1. The van der Waals surface area contributed by atoms with Gasteiger partial charge in [0.1, 0.15) is 11.0 Å². The lowest BCUT2D eigenvalue weighted by Gasteiger charge is -2.03. The van der Waals surface area contributed by atoms with Gasteiger partial charge in [0.2, 0.25) is 0 Å². The average molecular weight is 334 g/mol. The molecule has 0 aliphatic heterocycles. The second kappa shape index (κ2) is 5.62. The Balaban J connectivity index is 2.13. The van der Waals surface area contributed by atoms with Crippen LogP contribution in [0.2, 0.25) is 0 Å². The molecule has 120 valence electrons. The molecule has 8 heteroatoms. The maximum absolute atomic E-state index is 12.4. The lowest BCUT2D eigenvalue weighted by Crippen LogP contribution is -2.15. The van der Waals surface area contributed by atoms with Crippen molar-refractivity contribution in [3.05, 3.63) is 17.0 Å². The number of rotatable bonds is 5. The van der Waals surface area contributed by atoms with Gasteiger partial charge in [-0.1, -0.05) is 6.92 Å². The van der Waals surface area contributed by atoms with E-state index in [9.17, 15) is 9.59 Å². The van der Waals surface area contributed by atoms with Gasteiger partial charge in [0, 0.05) is 18.9 Å². The van der Waals surface area contributed by atoms with Crippen LogP contribution in [0.4, 0.5) is 0 Å². The van der Waals surface area contributed by atoms with Crippen LogP contribution in [0.5, 0.6) is 5.75 Å². The number of fused-ring (bicyclic) bond motifs is 3. The first kappa shape index (κ1) is 15.4. The molecular weight excluding hydrogens is 320 g/mol. The Morgan fingerprint density at radius 1 is 1.39 bits per heavy atom. The number of benzene rings is 1. The van der Waals surface area contributed by atoms with Crippen LogP contribution in [0, 0.1) is 12.8 Å². The van der Waals surface area contributed by atoms with Crippen molar-refractivity contribution < 1.29 is 23.8 Å². The first-order valence-electron chi connectivity index (χ1n) is 6.91. The SMILES string of the molecule is COc1cc2sc(C(=O)C(C)CC(=O)O)nc2c2nc(C)oc12. The highest BCUT2D eigenvalue weighted by Gasteiger charge is 2.24. The molecule has 23 heavy (non-hydrogen) atoms. The van der Waals surface area contributed by atoms with Gasteiger partial charge in [-0.25, -0.2) is 9.97 Å². The first-order valence-corrected chi connectivity index (χ1v) is 7.73. The second-order valence-corrected chi connectivity index (χ2v) is 6.25. The molecule has 7 nitrogen and oxygen atoms in total. The van der Waals surface area contributed by atoms with Crippen molar-refractivity contribution in [2.24, 2.45) is 5.92 Å². The molecule has 2 aromatic heterocycles. The van der Waals surface area contributed by atoms with Gasteiger partial charge >= 0.3 is 5.97 Å². The summed E-state index contributed by atoms with van der Waals surface area (Å²) in [5, 5.41) is 9.09. The normalized spacial score (nSPS) is 12.7. The lowest BCUT2D eigenvalue weighted by atomic mass is 10.0. The Kier molecular flexibility index (Phi) is 3.77. The van der Waals surface area contributed by atoms with Crippen LogP contribution in [0.3, 0.4) is 0 Å². The minimum Gasteiger partial charge on any atom is -0.493 e. The number of hydrogen-bond donors (Lipinski definition) is 1. The third-order valence-electron chi connectivity index (χ3n) is 3.46. The highest BCUT2D eigenvalue weighted by atomic mass is 32.1. The zero-order chi connectivity index (χ0) is 16.7. The van der Waals surface area contributed by atoms with Crippen LogP contribution in [-0.4, -0.2) is 33.9 Å². The van der Waals surface area contributed by atoms with Gasteiger partial charge in [-0.2, -0.15) is 0 Å². The van der Waals surface area contributed by atoms with E-state index in [4.69, 9.17) is 14.3 Å².